The van der Waals surface area contributed by atoms with E-state index in [-0.39, 0.29) is 5.82 Å². The lowest BCUT2D eigenvalue weighted by atomic mass is 10.2. The summed E-state index contributed by atoms with van der Waals surface area (Å²) in [6, 6.07) is 13.1. The summed E-state index contributed by atoms with van der Waals surface area (Å²) in [5.41, 5.74) is 1.33. The Kier molecular flexibility index (Phi) is 4.74. The van der Waals surface area contributed by atoms with E-state index in [0.29, 0.717) is 28.8 Å². The minimum absolute atomic E-state index is 0.264. The zero-order valence-electron chi connectivity index (χ0n) is 9.95. The Balaban J connectivity index is 1.95. The van der Waals surface area contributed by atoms with E-state index in [1.54, 1.807) is 42.5 Å². The van der Waals surface area contributed by atoms with Gasteiger partial charge in [-0.25, -0.2) is 4.39 Å². The third-order valence-corrected chi connectivity index (χ3v) is 3.24. The molecule has 2 rings (SSSR count). The molecule has 2 aromatic rings. The number of halogens is 3. The number of nitrogens with one attached hydrogen (secondary N) is 1. The van der Waals surface area contributed by atoms with Crippen LogP contribution in [0, 0.1) is 5.82 Å². The van der Waals surface area contributed by atoms with Gasteiger partial charge in [-0.2, -0.15) is 8.78 Å². The van der Waals surface area contributed by atoms with Crippen molar-refractivity contribution in [3.8, 4) is 0 Å². The van der Waals surface area contributed by atoms with Crippen molar-refractivity contribution >= 4 is 17.4 Å². The second-order valence-electron chi connectivity index (χ2n) is 3.85. The van der Waals surface area contributed by atoms with Crippen LogP contribution in [0.2, 0.25) is 0 Å². The molecule has 1 N–H and O–H groups in total. The molecule has 5 heteroatoms. The molecule has 0 spiro atoms. The van der Waals surface area contributed by atoms with Crippen LogP contribution in [0.25, 0.3) is 0 Å². The highest BCUT2D eigenvalue weighted by Crippen LogP contribution is 2.26. The van der Waals surface area contributed by atoms with E-state index in [0.717, 1.165) is 5.69 Å². The predicted molar refractivity (Wildman–Crippen MR) is 72.0 cm³/mol. The second-order valence-corrected chi connectivity index (χ2v) is 4.91. The molecule has 0 fully saturated rings. The Hall–Kier alpha value is -1.62. The minimum Gasteiger partial charge on any atom is -0.381 e. The summed E-state index contributed by atoms with van der Waals surface area (Å²) < 4.78 is 37.7. The van der Waals surface area contributed by atoms with Crippen LogP contribution in [-0.4, -0.2) is 5.76 Å². The maximum Gasteiger partial charge on any atom is 0.288 e. The molecule has 19 heavy (non-hydrogen) atoms. The van der Waals surface area contributed by atoms with Gasteiger partial charge in [-0.05, 0) is 30.3 Å². The van der Waals surface area contributed by atoms with Gasteiger partial charge in [0.1, 0.15) is 5.82 Å². The van der Waals surface area contributed by atoms with E-state index in [2.05, 4.69) is 5.32 Å². The molecule has 0 aliphatic heterocycles. The summed E-state index contributed by atoms with van der Waals surface area (Å²) in [4.78, 5) is 0.506. The fourth-order valence-electron chi connectivity index (χ4n) is 1.59. The number of hydrogen-bond donors (Lipinski definition) is 1. The number of hydrogen-bond acceptors (Lipinski definition) is 2. The van der Waals surface area contributed by atoms with Gasteiger partial charge in [0.25, 0.3) is 5.76 Å². The van der Waals surface area contributed by atoms with Crippen LogP contribution in [-0.2, 0) is 6.54 Å². The largest absolute Gasteiger partial charge is 0.381 e. The molecule has 0 unspecified atom stereocenters. The summed E-state index contributed by atoms with van der Waals surface area (Å²) in [6.07, 6.45) is 0. The maximum atomic E-state index is 13.4. The molecule has 0 radical (unpaired) electrons. The molecule has 100 valence electrons. The molecule has 0 heterocycles. The molecule has 0 aliphatic carbocycles. The fourth-order valence-corrected chi connectivity index (χ4v) is 2.09. The third kappa shape index (κ3) is 4.21. The molecular weight excluding hydrogens is 271 g/mol. The van der Waals surface area contributed by atoms with Crippen molar-refractivity contribution in [1.82, 2.24) is 0 Å². The van der Waals surface area contributed by atoms with Crippen LogP contribution in [0.3, 0.4) is 0 Å². The Bertz CT molecular complexity index is 528. The first-order valence-corrected chi connectivity index (χ1v) is 6.55. The van der Waals surface area contributed by atoms with Crippen molar-refractivity contribution in [3.63, 3.8) is 0 Å². The Morgan fingerprint density at radius 3 is 2.32 bits per heavy atom. The lowest BCUT2D eigenvalue weighted by molar-refractivity contribution is 0.252. The summed E-state index contributed by atoms with van der Waals surface area (Å²) in [5, 5.41) is 3.05. The lowest BCUT2D eigenvalue weighted by Gasteiger charge is -2.08. The molecule has 0 atom stereocenters. The quantitative estimate of drug-likeness (QED) is 0.794. The van der Waals surface area contributed by atoms with Crippen LogP contribution < -0.4 is 5.32 Å². The first kappa shape index (κ1) is 13.8. The molecule has 0 saturated heterocycles. The summed E-state index contributed by atoms with van der Waals surface area (Å²) in [7, 11) is 0. The van der Waals surface area contributed by atoms with Gasteiger partial charge in [-0.3, -0.25) is 0 Å². The zero-order chi connectivity index (χ0) is 13.7. The van der Waals surface area contributed by atoms with Crippen molar-refractivity contribution in [3.05, 3.63) is 59.9 Å². The molecule has 0 saturated carbocycles. The van der Waals surface area contributed by atoms with Gasteiger partial charge in [0.2, 0.25) is 0 Å². The van der Waals surface area contributed by atoms with Crippen molar-refractivity contribution in [2.75, 3.05) is 5.32 Å². The number of rotatable bonds is 5. The van der Waals surface area contributed by atoms with Crippen molar-refractivity contribution in [2.45, 2.75) is 17.2 Å². The lowest BCUT2D eigenvalue weighted by Crippen LogP contribution is -2.01. The van der Waals surface area contributed by atoms with Gasteiger partial charge < -0.3 is 5.32 Å². The predicted octanol–water partition coefficient (Wildman–Crippen LogP) is 4.75. The molecule has 0 amide bonds. The number of benzene rings is 2. The number of anilines is 1. The molecule has 0 aromatic heterocycles. The first-order chi connectivity index (χ1) is 9.15. The van der Waals surface area contributed by atoms with Gasteiger partial charge >= 0.3 is 0 Å². The highest BCUT2D eigenvalue weighted by Gasteiger charge is 2.05. The summed E-state index contributed by atoms with van der Waals surface area (Å²) in [5.74, 6) is -2.68. The molecule has 0 aliphatic rings. The Morgan fingerprint density at radius 1 is 1.00 bits per heavy atom. The highest BCUT2D eigenvalue weighted by molar-refractivity contribution is 7.99. The van der Waals surface area contributed by atoms with Crippen LogP contribution in [0.15, 0.2) is 53.4 Å². The van der Waals surface area contributed by atoms with Gasteiger partial charge in [-0.15, -0.1) is 0 Å². The average Bonchev–Trinajstić information content (AvgIpc) is 2.39. The topological polar surface area (TPSA) is 12.0 Å². The van der Waals surface area contributed by atoms with Crippen LogP contribution in [0.5, 0.6) is 0 Å². The molecular formula is C14H12F3NS. The maximum absolute atomic E-state index is 13.4. The number of alkyl halides is 2. The Morgan fingerprint density at radius 2 is 1.68 bits per heavy atom. The van der Waals surface area contributed by atoms with Crippen LogP contribution in [0.4, 0.5) is 18.9 Å². The summed E-state index contributed by atoms with van der Waals surface area (Å²) in [6.45, 7) is 0.355. The van der Waals surface area contributed by atoms with E-state index in [1.807, 2.05) is 0 Å². The van der Waals surface area contributed by atoms with Gasteiger partial charge in [0.15, 0.2) is 0 Å². The van der Waals surface area contributed by atoms with Crippen LogP contribution in [0.1, 0.15) is 5.56 Å². The van der Waals surface area contributed by atoms with E-state index in [1.165, 1.54) is 6.07 Å². The molecule has 2 aromatic carbocycles. The average molecular weight is 283 g/mol. The zero-order valence-corrected chi connectivity index (χ0v) is 10.8. The van der Waals surface area contributed by atoms with Crippen LogP contribution >= 0.6 is 11.8 Å². The Labute approximate surface area is 113 Å². The molecule has 0 bridgehead atoms. The smallest absolute Gasteiger partial charge is 0.288 e. The molecule has 1 nitrogen and oxygen atoms in total. The van der Waals surface area contributed by atoms with E-state index in [4.69, 9.17) is 0 Å². The monoisotopic (exact) mass is 283 g/mol. The summed E-state index contributed by atoms with van der Waals surface area (Å²) >= 11 is 0.503. The van der Waals surface area contributed by atoms with Crippen molar-refractivity contribution in [1.29, 1.82) is 0 Å². The van der Waals surface area contributed by atoms with E-state index >= 15 is 0 Å². The van der Waals surface area contributed by atoms with E-state index < -0.39 is 5.76 Å². The standard InChI is InChI=1S/C14H12F3NS/c15-13-4-2-1-3-10(13)9-18-11-5-7-12(8-6-11)19-14(16)17/h1-8,14,18H,9H2. The first-order valence-electron chi connectivity index (χ1n) is 5.67. The second kappa shape index (κ2) is 6.52. The number of thioether (sulfide) groups is 1. The van der Waals surface area contributed by atoms with Crippen molar-refractivity contribution < 1.29 is 13.2 Å². The van der Waals surface area contributed by atoms with Gasteiger partial charge in [0.05, 0.1) is 0 Å². The van der Waals surface area contributed by atoms with Gasteiger partial charge in [-0.1, -0.05) is 30.0 Å². The third-order valence-electron chi connectivity index (χ3n) is 2.52. The van der Waals surface area contributed by atoms with Crippen molar-refractivity contribution in [2.24, 2.45) is 0 Å². The van der Waals surface area contributed by atoms with Gasteiger partial charge in [0, 0.05) is 22.7 Å². The minimum atomic E-state index is -2.42. The normalized spacial score (nSPS) is 10.7. The SMILES string of the molecule is Fc1ccccc1CNc1ccc(SC(F)F)cc1. The van der Waals surface area contributed by atoms with E-state index in [9.17, 15) is 13.2 Å². The fraction of sp³-hybridized carbons (Fsp3) is 0.143. The highest BCUT2D eigenvalue weighted by atomic mass is 32.2.